The minimum Gasteiger partial charge on any atom is -0.377 e. The van der Waals surface area contributed by atoms with E-state index in [2.05, 4.69) is 26.2 Å². The zero-order valence-electron chi connectivity index (χ0n) is 9.37. The molecule has 17 heavy (non-hydrogen) atoms. The number of aromatic nitrogens is 1. The summed E-state index contributed by atoms with van der Waals surface area (Å²) in [4.78, 5) is 4.34. The van der Waals surface area contributed by atoms with Gasteiger partial charge in [0.2, 0.25) is 0 Å². The molecule has 0 radical (unpaired) electrons. The van der Waals surface area contributed by atoms with Crippen molar-refractivity contribution in [2.45, 2.75) is 13.5 Å². The second-order valence-corrected chi connectivity index (χ2v) is 4.58. The molecule has 2 rings (SSSR count). The largest absolute Gasteiger partial charge is 0.377 e. The van der Waals surface area contributed by atoms with E-state index in [9.17, 15) is 4.39 Å². The lowest BCUT2D eigenvalue weighted by molar-refractivity contribution is 0.623. The Balaban J connectivity index is 2.10. The molecule has 0 amide bonds. The van der Waals surface area contributed by atoms with Gasteiger partial charge in [0.25, 0.3) is 0 Å². The normalized spacial score (nSPS) is 10.3. The Morgan fingerprint density at radius 2 is 2.00 bits per heavy atom. The summed E-state index contributed by atoms with van der Waals surface area (Å²) < 4.78 is 14.1. The number of rotatable bonds is 3. The quantitative estimate of drug-likeness (QED) is 0.928. The molecule has 1 aromatic heterocycles. The molecule has 0 saturated heterocycles. The van der Waals surface area contributed by atoms with E-state index < -0.39 is 0 Å². The number of hydrogen-bond acceptors (Lipinski definition) is 2. The molecule has 0 saturated carbocycles. The fourth-order valence-electron chi connectivity index (χ4n) is 1.52. The zero-order chi connectivity index (χ0) is 12.3. The average Bonchev–Trinajstić information content (AvgIpc) is 2.31. The highest BCUT2D eigenvalue weighted by Gasteiger charge is 2.05. The number of pyridine rings is 1. The molecular formula is C13H12BrFN2. The van der Waals surface area contributed by atoms with Crippen molar-refractivity contribution in [3.05, 3.63) is 58.1 Å². The number of hydrogen-bond donors (Lipinski definition) is 1. The van der Waals surface area contributed by atoms with E-state index in [-0.39, 0.29) is 5.82 Å². The number of nitrogens with zero attached hydrogens (tertiary/aromatic N) is 1. The minimum absolute atomic E-state index is 0.278. The highest BCUT2D eigenvalue weighted by atomic mass is 79.9. The van der Waals surface area contributed by atoms with Crippen molar-refractivity contribution < 1.29 is 4.39 Å². The van der Waals surface area contributed by atoms with E-state index >= 15 is 0 Å². The molecule has 0 fully saturated rings. The third-order valence-corrected chi connectivity index (χ3v) is 2.97. The Morgan fingerprint density at radius 3 is 2.76 bits per heavy atom. The number of benzene rings is 1. The van der Waals surface area contributed by atoms with Gasteiger partial charge in [-0.1, -0.05) is 12.1 Å². The molecule has 2 aromatic rings. The first-order valence-electron chi connectivity index (χ1n) is 5.27. The Morgan fingerprint density at radius 1 is 1.24 bits per heavy atom. The smallest absolute Gasteiger partial charge is 0.160 e. The Bertz CT molecular complexity index is 529. The fraction of sp³-hybridized carbons (Fsp3) is 0.154. The molecule has 1 aromatic carbocycles. The van der Waals surface area contributed by atoms with Gasteiger partial charge in [0.15, 0.2) is 5.82 Å². The highest BCUT2D eigenvalue weighted by molar-refractivity contribution is 9.10. The van der Waals surface area contributed by atoms with Crippen LogP contribution in [-0.2, 0) is 6.54 Å². The molecule has 1 heterocycles. The highest BCUT2D eigenvalue weighted by Crippen LogP contribution is 2.22. The van der Waals surface area contributed by atoms with Crippen molar-refractivity contribution in [1.29, 1.82) is 0 Å². The predicted molar refractivity (Wildman–Crippen MR) is 70.4 cm³/mol. The number of halogens is 2. The van der Waals surface area contributed by atoms with Crippen molar-refractivity contribution >= 4 is 21.6 Å². The molecule has 2 nitrogen and oxygen atoms in total. The summed E-state index contributed by atoms with van der Waals surface area (Å²) in [5.41, 5.74) is 2.33. The summed E-state index contributed by atoms with van der Waals surface area (Å²) in [5.74, 6) is -0.278. The fourth-order valence-corrected chi connectivity index (χ4v) is 1.89. The van der Waals surface area contributed by atoms with Crippen molar-refractivity contribution in [2.24, 2.45) is 0 Å². The second kappa shape index (κ2) is 5.27. The van der Waals surface area contributed by atoms with Gasteiger partial charge < -0.3 is 5.32 Å². The number of nitrogens with one attached hydrogen (secondary N) is 1. The molecule has 0 atom stereocenters. The van der Waals surface area contributed by atoms with E-state index in [0.29, 0.717) is 16.7 Å². The van der Waals surface area contributed by atoms with Gasteiger partial charge in [-0.3, -0.25) is 4.98 Å². The maximum atomic E-state index is 13.7. The van der Waals surface area contributed by atoms with Crippen molar-refractivity contribution in [2.75, 3.05) is 5.32 Å². The van der Waals surface area contributed by atoms with Crippen LogP contribution in [-0.4, -0.2) is 4.98 Å². The Kier molecular flexibility index (Phi) is 3.74. The monoisotopic (exact) mass is 294 g/mol. The second-order valence-electron chi connectivity index (χ2n) is 3.73. The lowest BCUT2D eigenvalue weighted by atomic mass is 10.2. The van der Waals surface area contributed by atoms with Crippen LogP contribution >= 0.6 is 15.9 Å². The van der Waals surface area contributed by atoms with E-state index in [4.69, 9.17) is 0 Å². The lowest BCUT2D eigenvalue weighted by Gasteiger charge is -2.08. The van der Waals surface area contributed by atoms with Crippen LogP contribution in [0.4, 0.5) is 10.1 Å². The molecule has 88 valence electrons. The predicted octanol–water partition coefficient (Wildman–Crippen LogP) is 3.90. The van der Waals surface area contributed by atoms with Gasteiger partial charge in [0.05, 0.1) is 22.4 Å². The average molecular weight is 295 g/mol. The maximum Gasteiger partial charge on any atom is 0.160 e. The zero-order valence-corrected chi connectivity index (χ0v) is 11.0. The Hall–Kier alpha value is -1.42. The van der Waals surface area contributed by atoms with Crippen LogP contribution in [0.15, 0.2) is 40.9 Å². The van der Waals surface area contributed by atoms with Crippen LogP contribution in [0.1, 0.15) is 11.4 Å². The molecule has 0 aliphatic rings. The molecule has 0 spiro atoms. The standard InChI is InChI=1S/C13H12BrFN2/c1-9-4-2-5-10(17-9)8-16-12-7-3-6-11(14)13(12)15/h2-7,16H,8H2,1H3. The van der Waals surface area contributed by atoms with E-state index in [1.165, 1.54) is 0 Å². The van der Waals surface area contributed by atoms with Crippen LogP contribution in [0.3, 0.4) is 0 Å². The first kappa shape index (κ1) is 12.0. The summed E-state index contributed by atoms with van der Waals surface area (Å²) in [5, 5.41) is 3.03. The van der Waals surface area contributed by atoms with Crippen LogP contribution in [0.2, 0.25) is 0 Å². The van der Waals surface area contributed by atoms with Crippen LogP contribution in [0.25, 0.3) is 0 Å². The number of aryl methyl sites for hydroxylation is 1. The molecule has 4 heteroatoms. The molecule has 0 aliphatic carbocycles. The molecule has 0 bridgehead atoms. The SMILES string of the molecule is Cc1cccc(CNc2cccc(Br)c2F)n1. The Labute approximate surface area is 108 Å². The topological polar surface area (TPSA) is 24.9 Å². The summed E-state index contributed by atoms with van der Waals surface area (Å²) in [6, 6.07) is 11.0. The maximum absolute atomic E-state index is 13.7. The lowest BCUT2D eigenvalue weighted by Crippen LogP contribution is -2.03. The summed E-state index contributed by atoms with van der Waals surface area (Å²) in [6.07, 6.45) is 0. The van der Waals surface area contributed by atoms with E-state index in [0.717, 1.165) is 11.4 Å². The third-order valence-electron chi connectivity index (χ3n) is 2.36. The summed E-state index contributed by atoms with van der Waals surface area (Å²) >= 11 is 3.15. The van der Waals surface area contributed by atoms with Gasteiger partial charge in [-0.05, 0) is 47.1 Å². The third kappa shape index (κ3) is 3.03. The van der Waals surface area contributed by atoms with Crippen molar-refractivity contribution in [3.8, 4) is 0 Å². The van der Waals surface area contributed by atoms with Gasteiger partial charge in [-0.2, -0.15) is 0 Å². The molecule has 0 unspecified atom stereocenters. The van der Waals surface area contributed by atoms with Crippen LogP contribution in [0, 0.1) is 12.7 Å². The van der Waals surface area contributed by atoms with Gasteiger partial charge >= 0.3 is 0 Å². The van der Waals surface area contributed by atoms with Crippen molar-refractivity contribution in [3.63, 3.8) is 0 Å². The number of anilines is 1. The van der Waals surface area contributed by atoms with Gasteiger partial charge in [-0.25, -0.2) is 4.39 Å². The van der Waals surface area contributed by atoms with E-state index in [1.807, 2.05) is 25.1 Å². The minimum atomic E-state index is -0.278. The first-order chi connectivity index (χ1) is 8.16. The summed E-state index contributed by atoms with van der Waals surface area (Å²) in [7, 11) is 0. The molecule has 0 aliphatic heterocycles. The van der Waals surface area contributed by atoms with Gasteiger partial charge in [-0.15, -0.1) is 0 Å². The van der Waals surface area contributed by atoms with E-state index in [1.54, 1.807) is 18.2 Å². The first-order valence-corrected chi connectivity index (χ1v) is 6.06. The summed E-state index contributed by atoms with van der Waals surface area (Å²) in [6.45, 7) is 2.44. The van der Waals surface area contributed by atoms with Crippen molar-refractivity contribution in [1.82, 2.24) is 4.98 Å². The van der Waals surface area contributed by atoms with Crippen LogP contribution < -0.4 is 5.32 Å². The van der Waals surface area contributed by atoms with Crippen LogP contribution in [0.5, 0.6) is 0 Å². The van der Waals surface area contributed by atoms with Gasteiger partial charge in [0, 0.05) is 5.69 Å². The van der Waals surface area contributed by atoms with Gasteiger partial charge in [0.1, 0.15) is 0 Å². The molecular weight excluding hydrogens is 283 g/mol. The molecule has 1 N–H and O–H groups in total.